The van der Waals surface area contributed by atoms with Crippen molar-refractivity contribution in [2.45, 2.75) is 0 Å². The summed E-state index contributed by atoms with van der Waals surface area (Å²) in [6, 6.07) is 0. The van der Waals surface area contributed by atoms with Crippen LogP contribution in [0.3, 0.4) is 0 Å². The number of hydrogen-bond donors (Lipinski definition) is 0. The highest BCUT2D eigenvalue weighted by atomic mass is 16.2. The molecule has 0 aromatic carbocycles. The third-order valence-corrected chi connectivity index (χ3v) is 1.49. The van der Waals surface area contributed by atoms with Crippen molar-refractivity contribution in [1.82, 2.24) is 4.90 Å². The van der Waals surface area contributed by atoms with Crippen LogP contribution in [0.2, 0.25) is 0 Å². The minimum absolute atomic E-state index is 0.00412. The minimum Gasteiger partial charge on any atom is -0.338 e. The van der Waals surface area contributed by atoms with E-state index in [2.05, 4.69) is 0 Å². The number of aldehydes is 1. The molecule has 1 rings (SSSR count). The Kier molecular flexibility index (Phi) is 2.21. The summed E-state index contributed by atoms with van der Waals surface area (Å²) in [6.45, 7) is 0.600. The van der Waals surface area contributed by atoms with Gasteiger partial charge in [0.05, 0.1) is 0 Å². The molecular formula is C8H9NO2. The van der Waals surface area contributed by atoms with Crippen LogP contribution in [0.4, 0.5) is 0 Å². The zero-order valence-corrected chi connectivity index (χ0v) is 6.28. The Morgan fingerprint density at radius 2 is 2.36 bits per heavy atom. The third kappa shape index (κ3) is 1.77. The van der Waals surface area contributed by atoms with Gasteiger partial charge in [0.15, 0.2) is 0 Å². The molecular weight excluding hydrogens is 142 g/mol. The molecule has 0 unspecified atom stereocenters. The molecule has 1 heterocycles. The van der Waals surface area contributed by atoms with Gasteiger partial charge < -0.3 is 4.90 Å². The number of allylic oxidation sites excluding steroid dienone is 1. The van der Waals surface area contributed by atoms with Crippen molar-refractivity contribution in [2.75, 3.05) is 13.6 Å². The summed E-state index contributed by atoms with van der Waals surface area (Å²) in [4.78, 5) is 22.4. The Bertz CT molecular complexity index is 240. The normalized spacial score (nSPS) is 17.7. The van der Waals surface area contributed by atoms with Crippen LogP contribution in [0.1, 0.15) is 0 Å². The van der Waals surface area contributed by atoms with Gasteiger partial charge in [-0.05, 0) is 11.6 Å². The van der Waals surface area contributed by atoms with E-state index in [1.54, 1.807) is 18.0 Å². The second kappa shape index (κ2) is 3.14. The molecule has 0 spiro atoms. The van der Waals surface area contributed by atoms with Crippen molar-refractivity contribution >= 4 is 12.2 Å². The number of carbonyl (C=O) groups excluding carboxylic acids is 2. The van der Waals surface area contributed by atoms with Crippen molar-refractivity contribution in [3.05, 3.63) is 23.8 Å². The number of nitrogens with zero attached hydrogens (tertiary/aromatic N) is 1. The highest BCUT2D eigenvalue weighted by molar-refractivity contribution is 5.91. The lowest BCUT2D eigenvalue weighted by Crippen LogP contribution is -2.19. The van der Waals surface area contributed by atoms with Crippen LogP contribution in [-0.4, -0.2) is 30.7 Å². The first-order valence-electron chi connectivity index (χ1n) is 3.31. The van der Waals surface area contributed by atoms with Gasteiger partial charge in [-0.3, -0.25) is 9.59 Å². The largest absolute Gasteiger partial charge is 0.338 e. The smallest absolute Gasteiger partial charge is 0.246 e. The number of rotatable bonds is 2. The van der Waals surface area contributed by atoms with Crippen molar-refractivity contribution in [3.8, 4) is 0 Å². The first kappa shape index (κ1) is 7.72. The van der Waals surface area contributed by atoms with Crippen LogP contribution >= 0.6 is 0 Å². The lowest BCUT2D eigenvalue weighted by Gasteiger charge is -2.05. The second-order valence-corrected chi connectivity index (χ2v) is 2.41. The van der Waals surface area contributed by atoms with Gasteiger partial charge in [0.2, 0.25) is 5.91 Å². The van der Waals surface area contributed by atoms with Crippen molar-refractivity contribution < 1.29 is 9.59 Å². The topological polar surface area (TPSA) is 37.4 Å². The van der Waals surface area contributed by atoms with Crippen LogP contribution in [0.25, 0.3) is 0 Å². The standard InChI is InChI=1S/C8H9NO2/c1-9-6-7(3-2-4-10)5-8(9)11/h2-5H,6H2,1H3/b3-2-. The molecule has 58 valence electrons. The van der Waals surface area contributed by atoms with E-state index in [-0.39, 0.29) is 5.91 Å². The monoisotopic (exact) mass is 151 g/mol. The maximum absolute atomic E-state index is 10.9. The molecule has 1 amide bonds. The summed E-state index contributed by atoms with van der Waals surface area (Å²) in [7, 11) is 1.72. The van der Waals surface area contributed by atoms with E-state index in [0.29, 0.717) is 12.8 Å². The van der Waals surface area contributed by atoms with Gasteiger partial charge in [-0.15, -0.1) is 0 Å². The molecule has 0 atom stereocenters. The first-order valence-corrected chi connectivity index (χ1v) is 3.31. The zero-order chi connectivity index (χ0) is 8.27. The van der Waals surface area contributed by atoms with Gasteiger partial charge in [0.1, 0.15) is 6.29 Å². The first-order chi connectivity index (χ1) is 5.24. The predicted octanol–water partition coefficient (Wildman–Crippen LogP) is 0.140. The van der Waals surface area contributed by atoms with E-state index in [1.807, 2.05) is 0 Å². The Balaban J connectivity index is 2.63. The minimum atomic E-state index is -0.00412. The van der Waals surface area contributed by atoms with Gasteiger partial charge in [0.25, 0.3) is 0 Å². The van der Waals surface area contributed by atoms with Crippen LogP contribution in [0, 0.1) is 0 Å². The van der Waals surface area contributed by atoms with E-state index < -0.39 is 0 Å². The van der Waals surface area contributed by atoms with Gasteiger partial charge in [-0.1, -0.05) is 6.08 Å². The zero-order valence-electron chi connectivity index (χ0n) is 6.28. The molecule has 3 nitrogen and oxygen atoms in total. The molecule has 0 radical (unpaired) electrons. The molecule has 0 fully saturated rings. The summed E-state index contributed by atoms with van der Waals surface area (Å²) in [6.07, 6.45) is 5.26. The highest BCUT2D eigenvalue weighted by Gasteiger charge is 2.14. The van der Waals surface area contributed by atoms with Crippen molar-refractivity contribution in [2.24, 2.45) is 0 Å². The molecule has 11 heavy (non-hydrogen) atoms. The fourth-order valence-corrected chi connectivity index (χ4v) is 0.930. The summed E-state index contributed by atoms with van der Waals surface area (Å²) >= 11 is 0. The molecule has 0 bridgehead atoms. The summed E-state index contributed by atoms with van der Waals surface area (Å²) in [5.74, 6) is -0.00412. The molecule has 0 aliphatic carbocycles. The van der Waals surface area contributed by atoms with E-state index in [1.165, 1.54) is 12.2 Å². The van der Waals surface area contributed by atoms with Gasteiger partial charge >= 0.3 is 0 Å². The van der Waals surface area contributed by atoms with Crippen LogP contribution in [-0.2, 0) is 9.59 Å². The van der Waals surface area contributed by atoms with Crippen LogP contribution in [0.5, 0.6) is 0 Å². The fourth-order valence-electron chi connectivity index (χ4n) is 0.930. The molecule has 0 saturated carbocycles. The Hall–Kier alpha value is -1.38. The molecule has 0 saturated heterocycles. The maximum Gasteiger partial charge on any atom is 0.246 e. The summed E-state index contributed by atoms with van der Waals surface area (Å²) < 4.78 is 0. The molecule has 0 aromatic heterocycles. The Morgan fingerprint density at radius 1 is 1.64 bits per heavy atom. The van der Waals surface area contributed by atoms with E-state index in [0.717, 1.165) is 5.57 Å². The second-order valence-electron chi connectivity index (χ2n) is 2.41. The maximum atomic E-state index is 10.9. The summed E-state index contributed by atoms with van der Waals surface area (Å²) in [5.41, 5.74) is 0.879. The lowest BCUT2D eigenvalue weighted by molar-refractivity contribution is -0.123. The Morgan fingerprint density at radius 3 is 2.82 bits per heavy atom. The summed E-state index contributed by atoms with van der Waals surface area (Å²) in [5, 5.41) is 0. The quantitative estimate of drug-likeness (QED) is 0.416. The Labute approximate surface area is 65.0 Å². The predicted molar refractivity (Wildman–Crippen MR) is 40.9 cm³/mol. The third-order valence-electron chi connectivity index (χ3n) is 1.49. The molecule has 3 heteroatoms. The molecule has 0 N–H and O–H groups in total. The van der Waals surface area contributed by atoms with Gasteiger partial charge in [-0.2, -0.15) is 0 Å². The molecule has 1 aliphatic heterocycles. The highest BCUT2D eigenvalue weighted by Crippen LogP contribution is 2.08. The van der Waals surface area contributed by atoms with Crippen LogP contribution < -0.4 is 0 Å². The molecule has 0 aromatic rings. The van der Waals surface area contributed by atoms with Crippen LogP contribution in [0.15, 0.2) is 23.8 Å². The van der Waals surface area contributed by atoms with Gasteiger partial charge in [-0.25, -0.2) is 0 Å². The number of likely N-dealkylation sites (N-methyl/N-ethyl adjacent to an activating group) is 1. The average molecular weight is 151 g/mol. The SMILES string of the molecule is CN1CC(/C=C\C=O)=CC1=O. The average Bonchev–Trinajstić information content (AvgIpc) is 2.28. The van der Waals surface area contributed by atoms with E-state index in [9.17, 15) is 9.59 Å². The number of carbonyl (C=O) groups is 2. The van der Waals surface area contributed by atoms with Gasteiger partial charge in [0, 0.05) is 19.7 Å². The van der Waals surface area contributed by atoms with Crippen molar-refractivity contribution in [1.29, 1.82) is 0 Å². The van der Waals surface area contributed by atoms with E-state index >= 15 is 0 Å². The number of hydrogen-bond acceptors (Lipinski definition) is 2. The molecule has 1 aliphatic rings. The van der Waals surface area contributed by atoms with Crippen molar-refractivity contribution in [3.63, 3.8) is 0 Å². The fraction of sp³-hybridized carbons (Fsp3) is 0.250. The van der Waals surface area contributed by atoms with E-state index in [4.69, 9.17) is 0 Å². The number of amides is 1. The lowest BCUT2D eigenvalue weighted by atomic mass is 10.2.